The highest BCUT2D eigenvalue weighted by atomic mass is 16.3. The number of aliphatic hydroxyl groups excluding tert-OH is 1. The molecule has 1 aliphatic rings. The first-order valence-electron chi connectivity index (χ1n) is 4.81. The van der Waals surface area contributed by atoms with Gasteiger partial charge in [0.15, 0.2) is 0 Å². The van der Waals surface area contributed by atoms with Gasteiger partial charge >= 0.3 is 0 Å². The SMILES string of the molecule is C=C1CCC/C=C/CCCC1O. The number of allylic oxidation sites excluding steroid dienone is 2. The molecule has 1 atom stereocenters. The summed E-state index contributed by atoms with van der Waals surface area (Å²) in [5.74, 6) is 0. The second-order valence-electron chi connectivity index (χ2n) is 3.47. The predicted molar refractivity (Wildman–Crippen MR) is 52.0 cm³/mol. The Morgan fingerprint density at radius 3 is 2.67 bits per heavy atom. The minimum Gasteiger partial charge on any atom is -0.389 e. The largest absolute Gasteiger partial charge is 0.389 e. The summed E-state index contributed by atoms with van der Waals surface area (Å²) < 4.78 is 0. The molecule has 1 heteroatoms. The Morgan fingerprint density at radius 1 is 1.25 bits per heavy atom. The standard InChI is InChI=1S/C11H18O/c1-10-8-6-4-2-3-5-7-9-11(10)12/h2-3,11-12H,1,4-9H2/b3-2+. The molecule has 0 aromatic heterocycles. The van der Waals surface area contributed by atoms with Crippen molar-refractivity contribution in [3.05, 3.63) is 24.3 Å². The molecule has 0 aromatic rings. The summed E-state index contributed by atoms with van der Waals surface area (Å²) in [5.41, 5.74) is 1.02. The normalized spacial score (nSPS) is 29.8. The van der Waals surface area contributed by atoms with E-state index in [2.05, 4.69) is 18.7 Å². The van der Waals surface area contributed by atoms with Gasteiger partial charge in [-0.05, 0) is 44.1 Å². The second-order valence-corrected chi connectivity index (χ2v) is 3.47. The quantitative estimate of drug-likeness (QED) is 0.549. The van der Waals surface area contributed by atoms with Crippen molar-refractivity contribution in [2.45, 2.75) is 44.6 Å². The molecule has 0 radical (unpaired) electrons. The molecule has 0 heterocycles. The summed E-state index contributed by atoms with van der Waals surface area (Å²) in [4.78, 5) is 0. The third kappa shape index (κ3) is 3.22. The van der Waals surface area contributed by atoms with E-state index in [9.17, 15) is 5.11 Å². The molecule has 0 aromatic carbocycles. The van der Waals surface area contributed by atoms with Gasteiger partial charge in [-0.3, -0.25) is 0 Å². The molecule has 0 amide bonds. The van der Waals surface area contributed by atoms with Gasteiger partial charge in [0.25, 0.3) is 0 Å². The van der Waals surface area contributed by atoms with Crippen LogP contribution in [0.1, 0.15) is 38.5 Å². The molecular formula is C11H18O. The van der Waals surface area contributed by atoms with Crippen molar-refractivity contribution in [2.24, 2.45) is 0 Å². The van der Waals surface area contributed by atoms with Crippen molar-refractivity contribution in [3.63, 3.8) is 0 Å². The zero-order chi connectivity index (χ0) is 8.81. The van der Waals surface area contributed by atoms with Crippen LogP contribution in [0.15, 0.2) is 24.3 Å². The van der Waals surface area contributed by atoms with Crippen molar-refractivity contribution >= 4 is 0 Å². The molecule has 68 valence electrons. The van der Waals surface area contributed by atoms with Crippen LogP contribution in [0.3, 0.4) is 0 Å². The van der Waals surface area contributed by atoms with Crippen molar-refractivity contribution < 1.29 is 5.11 Å². The van der Waals surface area contributed by atoms with Crippen LogP contribution in [0.5, 0.6) is 0 Å². The Morgan fingerprint density at radius 2 is 1.92 bits per heavy atom. The molecule has 0 saturated heterocycles. The van der Waals surface area contributed by atoms with Gasteiger partial charge in [-0.1, -0.05) is 18.7 Å². The van der Waals surface area contributed by atoms with E-state index in [4.69, 9.17) is 0 Å². The van der Waals surface area contributed by atoms with E-state index in [1.807, 2.05) is 0 Å². The molecule has 0 spiro atoms. The Labute approximate surface area is 74.8 Å². The van der Waals surface area contributed by atoms with E-state index in [0.29, 0.717) is 0 Å². The Balaban J connectivity index is 2.41. The first-order chi connectivity index (χ1) is 5.80. The van der Waals surface area contributed by atoms with Crippen molar-refractivity contribution in [1.82, 2.24) is 0 Å². The minimum atomic E-state index is -0.253. The molecule has 12 heavy (non-hydrogen) atoms. The van der Waals surface area contributed by atoms with Crippen molar-refractivity contribution in [2.75, 3.05) is 0 Å². The molecular weight excluding hydrogens is 148 g/mol. The van der Waals surface area contributed by atoms with E-state index in [1.165, 1.54) is 0 Å². The molecule has 1 aliphatic carbocycles. The van der Waals surface area contributed by atoms with Gasteiger partial charge in [0.2, 0.25) is 0 Å². The monoisotopic (exact) mass is 166 g/mol. The van der Waals surface area contributed by atoms with Crippen LogP contribution < -0.4 is 0 Å². The van der Waals surface area contributed by atoms with Gasteiger partial charge in [-0.2, -0.15) is 0 Å². The molecule has 0 bridgehead atoms. The molecule has 1 N–H and O–H groups in total. The first-order valence-corrected chi connectivity index (χ1v) is 4.81. The molecule has 0 aliphatic heterocycles. The zero-order valence-corrected chi connectivity index (χ0v) is 7.63. The smallest absolute Gasteiger partial charge is 0.0747 e. The van der Waals surface area contributed by atoms with Crippen LogP contribution in [0, 0.1) is 0 Å². The summed E-state index contributed by atoms with van der Waals surface area (Å²) in [7, 11) is 0. The van der Waals surface area contributed by atoms with Crippen molar-refractivity contribution in [3.8, 4) is 0 Å². The van der Waals surface area contributed by atoms with Gasteiger partial charge in [0.05, 0.1) is 6.10 Å². The Hall–Kier alpha value is -0.560. The van der Waals surface area contributed by atoms with E-state index < -0.39 is 0 Å². The van der Waals surface area contributed by atoms with E-state index in [1.54, 1.807) is 0 Å². The highest BCUT2D eigenvalue weighted by Crippen LogP contribution is 2.16. The second kappa shape index (κ2) is 5.15. The van der Waals surface area contributed by atoms with E-state index in [-0.39, 0.29) is 6.10 Å². The molecule has 0 fully saturated rings. The molecule has 1 unspecified atom stereocenters. The molecule has 1 rings (SSSR count). The van der Waals surface area contributed by atoms with Crippen molar-refractivity contribution in [1.29, 1.82) is 0 Å². The van der Waals surface area contributed by atoms with Crippen LogP contribution in [0.25, 0.3) is 0 Å². The summed E-state index contributed by atoms with van der Waals surface area (Å²) in [6.45, 7) is 3.90. The first kappa shape index (κ1) is 9.53. The Kier molecular flexibility index (Phi) is 4.09. The van der Waals surface area contributed by atoms with Crippen LogP contribution in [0.2, 0.25) is 0 Å². The van der Waals surface area contributed by atoms with Gasteiger partial charge in [0.1, 0.15) is 0 Å². The number of hydrogen-bond donors (Lipinski definition) is 1. The summed E-state index contributed by atoms with van der Waals surface area (Å²) in [6, 6.07) is 0. The number of aliphatic hydroxyl groups is 1. The van der Waals surface area contributed by atoms with Crippen LogP contribution in [0.4, 0.5) is 0 Å². The Bertz CT molecular complexity index is 170. The summed E-state index contributed by atoms with van der Waals surface area (Å²) >= 11 is 0. The lowest BCUT2D eigenvalue weighted by atomic mass is 9.99. The lowest BCUT2D eigenvalue weighted by molar-refractivity contribution is 0.193. The molecule has 0 saturated carbocycles. The van der Waals surface area contributed by atoms with E-state index in [0.717, 1.165) is 44.1 Å². The lowest BCUT2D eigenvalue weighted by Crippen LogP contribution is -2.09. The van der Waals surface area contributed by atoms with Crippen LogP contribution in [-0.2, 0) is 0 Å². The average Bonchev–Trinajstić information content (AvgIpc) is 2.08. The number of hydrogen-bond acceptors (Lipinski definition) is 1. The third-order valence-corrected chi connectivity index (χ3v) is 2.35. The topological polar surface area (TPSA) is 20.2 Å². The lowest BCUT2D eigenvalue weighted by Gasteiger charge is -2.13. The average molecular weight is 166 g/mol. The molecule has 1 nitrogen and oxygen atoms in total. The highest BCUT2D eigenvalue weighted by molar-refractivity contribution is 5.02. The van der Waals surface area contributed by atoms with Gasteiger partial charge < -0.3 is 5.11 Å². The highest BCUT2D eigenvalue weighted by Gasteiger charge is 2.07. The van der Waals surface area contributed by atoms with Gasteiger partial charge in [-0.15, -0.1) is 0 Å². The predicted octanol–water partition coefficient (Wildman–Crippen LogP) is 2.81. The van der Waals surface area contributed by atoms with Gasteiger partial charge in [0, 0.05) is 0 Å². The summed E-state index contributed by atoms with van der Waals surface area (Å²) in [5, 5.41) is 9.58. The minimum absolute atomic E-state index is 0.253. The summed E-state index contributed by atoms with van der Waals surface area (Å²) in [6.07, 6.45) is 10.5. The van der Waals surface area contributed by atoms with E-state index >= 15 is 0 Å². The van der Waals surface area contributed by atoms with Gasteiger partial charge in [-0.25, -0.2) is 0 Å². The fraction of sp³-hybridized carbons (Fsp3) is 0.636. The number of rotatable bonds is 0. The maximum absolute atomic E-state index is 9.58. The third-order valence-electron chi connectivity index (χ3n) is 2.35. The maximum atomic E-state index is 9.58. The van der Waals surface area contributed by atoms with Crippen LogP contribution >= 0.6 is 0 Å². The fourth-order valence-corrected chi connectivity index (χ4v) is 1.48. The fourth-order valence-electron chi connectivity index (χ4n) is 1.48. The maximum Gasteiger partial charge on any atom is 0.0747 e. The zero-order valence-electron chi connectivity index (χ0n) is 7.63. The van der Waals surface area contributed by atoms with Crippen LogP contribution in [-0.4, -0.2) is 11.2 Å².